The molecule has 0 atom stereocenters. The molecule has 0 aromatic carbocycles. The first-order chi connectivity index (χ1) is 14.5. The van der Waals surface area contributed by atoms with E-state index in [-0.39, 0.29) is 17.4 Å². The number of pyridine rings is 2. The number of fused-ring (bicyclic) bond motifs is 1. The van der Waals surface area contributed by atoms with Gasteiger partial charge in [0.2, 0.25) is 5.91 Å². The molecule has 0 radical (unpaired) electrons. The lowest BCUT2D eigenvalue weighted by molar-refractivity contribution is -0.117. The van der Waals surface area contributed by atoms with Gasteiger partial charge in [0.15, 0.2) is 5.82 Å². The summed E-state index contributed by atoms with van der Waals surface area (Å²) in [7, 11) is 0. The van der Waals surface area contributed by atoms with Crippen molar-refractivity contribution in [2.45, 2.75) is 51.0 Å². The highest BCUT2D eigenvalue weighted by Gasteiger charge is 2.31. The summed E-state index contributed by atoms with van der Waals surface area (Å²) in [5.74, 6) is 1.53. The van der Waals surface area contributed by atoms with Crippen LogP contribution in [-0.2, 0) is 4.79 Å². The number of hydrogen-bond acceptors (Lipinski definition) is 5. The third-order valence-electron chi connectivity index (χ3n) is 6.09. The van der Waals surface area contributed by atoms with Gasteiger partial charge < -0.3 is 15.8 Å². The van der Waals surface area contributed by atoms with Gasteiger partial charge in [-0.05, 0) is 56.4 Å². The van der Waals surface area contributed by atoms with Crippen LogP contribution in [0.5, 0.6) is 5.75 Å². The lowest BCUT2D eigenvalue weighted by Crippen LogP contribution is -2.42. The van der Waals surface area contributed by atoms with E-state index in [0.717, 1.165) is 66.6 Å². The van der Waals surface area contributed by atoms with Gasteiger partial charge in [-0.3, -0.25) is 9.78 Å². The SMILES string of the molecule is Cc1cc(-c2ccn3nc(NC(=O)C4CC4)cc3c2)c(OCC2(N)CCCC2)cn1. The molecule has 30 heavy (non-hydrogen) atoms. The Morgan fingerprint density at radius 1 is 1.30 bits per heavy atom. The summed E-state index contributed by atoms with van der Waals surface area (Å²) in [5, 5.41) is 7.37. The molecule has 3 aromatic rings. The predicted octanol–water partition coefficient (Wildman–Crippen LogP) is 3.70. The highest BCUT2D eigenvalue weighted by atomic mass is 16.5. The molecule has 2 fully saturated rings. The van der Waals surface area contributed by atoms with Crippen molar-refractivity contribution in [1.29, 1.82) is 0 Å². The number of hydrogen-bond donors (Lipinski definition) is 2. The Morgan fingerprint density at radius 2 is 2.10 bits per heavy atom. The predicted molar refractivity (Wildman–Crippen MR) is 115 cm³/mol. The molecule has 0 unspecified atom stereocenters. The third-order valence-corrected chi connectivity index (χ3v) is 6.09. The van der Waals surface area contributed by atoms with Crippen LogP contribution in [0.2, 0.25) is 0 Å². The van der Waals surface area contributed by atoms with Gasteiger partial charge in [0.05, 0.1) is 17.3 Å². The number of ether oxygens (including phenoxy) is 1. The second-order valence-corrected chi connectivity index (χ2v) is 8.76. The standard InChI is InChI=1S/C23H27N5O2/c1-15-10-19(20(13-25-15)30-14-23(24)7-2-3-8-23)17-6-9-28-18(11-17)12-21(27-28)26-22(29)16-4-5-16/h6,9-13,16H,2-5,7-8,14,24H2,1H3,(H,26,27,29). The van der Waals surface area contributed by atoms with Crippen molar-refractivity contribution in [3.05, 3.63) is 42.4 Å². The number of aryl methyl sites for hydroxylation is 1. The number of carbonyl (C=O) groups excluding carboxylic acids is 1. The molecule has 156 valence electrons. The Kier molecular flexibility index (Phi) is 4.70. The molecule has 0 aliphatic heterocycles. The summed E-state index contributed by atoms with van der Waals surface area (Å²) in [6, 6.07) is 7.98. The maximum atomic E-state index is 12.0. The molecule has 5 rings (SSSR count). The number of anilines is 1. The minimum Gasteiger partial charge on any atom is -0.489 e. The molecule has 2 saturated carbocycles. The van der Waals surface area contributed by atoms with Gasteiger partial charge in [0.1, 0.15) is 12.4 Å². The number of aromatic nitrogens is 3. The van der Waals surface area contributed by atoms with Gasteiger partial charge in [0, 0.05) is 29.4 Å². The normalized spacial score (nSPS) is 17.9. The van der Waals surface area contributed by atoms with Crippen molar-refractivity contribution in [3.8, 4) is 16.9 Å². The largest absolute Gasteiger partial charge is 0.489 e. The summed E-state index contributed by atoms with van der Waals surface area (Å²) in [6.07, 6.45) is 9.95. The average molecular weight is 406 g/mol. The fraction of sp³-hybridized carbons (Fsp3) is 0.435. The van der Waals surface area contributed by atoms with Crippen molar-refractivity contribution in [2.75, 3.05) is 11.9 Å². The van der Waals surface area contributed by atoms with Crippen LogP contribution < -0.4 is 15.8 Å². The van der Waals surface area contributed by atoms with Gasteiger partial charge in [-0.1, -0.05) is 12.8 Å². The highest BCUT2D eigenvalue weighted by Crippen LogP contribution is 2.34. The van der Waals surface area contributed by atoms with Crippen molar-refractivity contribution in [2.24, 2.45) is 11.7 Å². The summed E-state index contributed by atoms with van der Waals surface area (Å²) >= 11 is 0. The molecule has 3 heterocycles. The second kappa shape index (κ2) is 7.40. The van der Waals surface area contributed by atoms with E-state index in [1.54, 1.807) is 10.7 Å². The zero-order valence-electron chi connectivity index (χ0n) is 17.2. The zero-order chi connectivity index (χ0) is 20.7. The molecule has 3 aromatic heterocycles. The molecule has 7 nitrogen and oxygen atoms in total. The summed E-state index contributed by atoms with van der Waals surface area (Å²) in [5.41, 5.74) is 10.1. The van der Waals surface area contributed by atoms with Crippen LogP contribution in [0.3, 0.4) is 0 Å². The molecule has 0 bridgehead atoms. The van der Waals surface area contributed by atoms with E-state index < -0.39 is 0 Å². The molecule has 2 aliphatic carbocycles. The van der Waals surface area contributed by atoms with E-state index >= 15 is 0 Å². The zero-order valence-corrected chi connectivity index (χ0v) is 17.2. The Morgan fingerprint density at radius 3 is 2.87 bits per heavy atom. The minimum atomic E-state index is -0.244. The van der Waals surface area contributed by atoms with Crippen LogP contribution in [0.25, 0.3) is 16.6 Å². The van der Waals surface area contributed by atoms with Crippen LogP contribution in [0.15, 0.2) is 36.7 Å². The van der Waals surface area contributed by atoms with Crippen LogP contribution in [-0.4, -0.2) is 32.7 Å². The van der Waals surface area contributed by atoms with Crippen molar-refractivity contribution >= 4 is 17.2 Å². The number of carbonyl (C=O) groups is 1. The molecule has 1 amide bonds. The van der Waals surface area contributed by atoms with Crippen LogP contribution >= 0.6 is 0 Å². The Balaban J connectivity index is 1.42. The lowest BCUT2D eigenvalue weighted by atomic mass is 10.0. The number of nitrogens with one attached hydrogen (secondary N) is 1. The highest BCUT2D eigenvalue weighted by molar-refractivity contribution is 5.93. The maximum Gasteiger partial charge on any atom is 0.228 e. The van der Waals surface area contributed by atoms with E-state index in [1.165, 1.54) is 0 Å². The Bertz CT molecular complexity index is 1100. The van der Waals surface area contributed by atoms with Crippen LogP contribution in [0, 0.1) is 12.8 Å². The maximum absolute atomic E-state index is 12.0. The lowest BCUT2D eigenvalue weighted by Gasteiger charge is -2.24. The van der Waals surface area contributed by atoms with E-state index in [0.29, 0.717) is 12.4 Å². The van der Waals surface area contributed by atoms with Crippen molar-refractivity contribution < 1.29 is 9.53 Å². The first kappa shape index (κ1) is 19.1. The molecular weight excluding hydrogens is 378 g/mol. The molecule has 7 heteroatoms. The fourth-order valence-electron chi connectivity index (χ4n) is 4.13. The minimum absolute atomic E-state index is 0.0571. The smallest absolute Gasteiger partial charge is 0.228 e. The quantitative estimate of drug-likeness (QED) is 0.652. The third kappa shape index (κ3) is 3.89. The molecule has 0 saturated heterocycles. The van der Waals surface area contributed by atoms with Gasteiger partial charge in [-0.25, -0.2) is 4.52 Å². The second-order valence-electron chi connectivity index (χ2n) is 8.76. The van der Waals surface area contributed by atoms with Crippen molar-refractivity contribution in [3.63, 3.8) is 0 Å². The van der Waals surface area contributed by atoms with Crippen LogP contribution in [0.4, 0.5) is 5.82 Å². The number of nitrogens with two attached hydrogens (primary N) is 1. The molecular formula is C23H27N5O2. The Hall–Kier alpha value is -2.93. The van der Waals surface area contributed by atoms with E-state index in [9.17, 15) is 4.79 Å². The number of nitrogens with zero attached hydrogens (tertiary/aromatic N) is 3. The van der Waals surface area contributed by atoms with E-state index in [1.807, 2.05) is 31.3 Å². The summed E-state index contributed by atoms with van der Waals surface area (Å²) < 4.78 is 7.94. The molecule has 0 spiro atoms. The summed E-state index contributed by atoms with van der Waals surface area (Å²) in [6.45, 7) is 2.47. The topological polar surface area (TPSA) is 94.5 Å². The van der Waals surface area contributed by atoms with Gasteiger partial charge >= 0.3 is 0 Å². The monoisotopic (exact) mass is 405 g/mol. The first-order valence-electron chi connectivity index (χ1n) is 10.7. The van der Waals surface area contributed by atoms with Crippen LogP contribution in [0.1, 0.15) is 44.2 Å². The van der Waals surface area contributed by atoms with Gasteiger partial charge in [-0.2, -0.15) is 5.10 Å². The van der Waals surface area contributed by atoms with Gasteiger partial charge in [-0.15, -0.1) is 0 Å². The Labute approximate surface area is 175 Å². The van der Waals surface area contributed by atoms with Crippen molar-refractivity contribution in [1.82, 2.24) is 14.6 Å². The fourth-order valence-corrected chi connectivity index (χ4v) is 4.13. The van der Waals surface area contributed by atoms with Gasteiger partial charge in [0.25, 0.3) is 0 Å². The first-order valence-corrected chi connectivity index (χ1v) is 10.7. The molecule has 3 N–H and O–H groups in total. The molecule has 2 aliphatic rings. The summed E-state index contributed by atoms with van der Waals surface area (Å²) in [4.78, 5) is 16.5. The van der Waals surface area contributed by atoms with E-state index in [2.05, 4.69) is 21.5 Å². The number of rotatable bonds is 6. The van der Waals surface area contributed by atoms with E-state index in [4.69, 9.17) is 10.5 Å². The average Bonchev–Trinajstić information content (AvgIpc) is 3.38. The number of amides is 1.